The highest BCUT2D eigenvalue weighted by Gasteiger charge is 2.34. The third kappa shape index (κ3) is 5.33. The molecule has 2 aromatic rings. The van der Waals surface area contributed by atoms with Crippen LogP contribution in [0.3, 0.4) is 0 Å². The van der Waals surface area contributed by atoms with Crippen LogP contribution in [0.2, 0.25) is 10.0 Å². The van der Waals surface area contributed by atoms with Gasteiger partial charge in [-0.05, 0) is 24.3 Å². The molecule has 0 atom stereocenters. The predicted molar refractivity (Wildman–Crippen MR) is 93.5 cm³/mol. The molecule has 1 amide bonds. The number of hydrogen-bond acceptors (Lipinski definition) is 5. The van der Waals surface area contributed by atoms with E-state index >= 15 is 0 Å². The molecule has 7 nitrogen and oxygen atoms in total. The van der Waals surface area contributed by atoms with Crippen molar-refractivity contribution in [2.24, 2.45) is 0 Å². The molecule has 0 unspecified atom stereocenters. The molecule has 0 fully saturated rings. The Bertz CT molecular complexity index is 950. The molecule has 0 aliphatic heterocycles. The minimum atomic E-state index is -4.78. The molecule has 12 heteroatoms. The molecule has 148 valence electrons. The van der Waals surface area contributed by atoms with E-state index in [2.05, 4.69) is 4.74 Å². The number of amides is 1. The van der Waals surface area contributed by atoms with Crippen LogP contribution in [0.4, 0.5) is 24.5 Å². The lowest BCUT2D eigenvalue weighted by atomic mass is 10.1. The number of nitro benzene ring substituents is 1. The molecule has 0 saturated heterocycles. The second-order valence-corrected chi connectivity index (χ2v) is 6.08. The van der Waals surface area contributed by atoms with Gasteiger partial charge >= 0.3 is 12.1 Å². The summed E-state index contributed by atoms with van der Waals surface area (Å²) in [5, 5.41) is 12.4. The zero-order chi connectivity index (χ0) is 21.1. The van der Waals surface area contributed by atoms with Gasteiger partial charge in [-0.15, -0.1) is 0 Å². The van der Waals surface area contributed by atoms with Gasteiger partial charge in [0, 0.05) is 17.2 Å². The molecule has 2 rings (SSSR count). The molecule has 0 radical (unpaired) electrons. The van der Waals surface area contributed by atoms with Gasteiger partial charge in [-0.1, -0.05) is 23.2 Å². The maximum Gasteiger partial charge on any atom is 0.418 e. The number of nitrogens with one attached hydrogen (secondary N) is 1. The van der Waals surface area contributed by atoms with Gasteiger partial charge in [-0.25, -0.2) is 4.79 Å². The second-order valence-electron chi connectivity index (χ2n) is 5.23. The fraction of sp³-hybridized carbons (Fsp3) is 0.125. The number of halogens is 5. The van der Waals surface area contributed by atoms with Crippen molar-refractivity contribution in [3.8, 4) is 0 Å². The number of ether oxygens (including phenoxy) is 1. The number of alkyl halides is 3. The number of non-ortho nitro benzene ring substituents is 1. The molecule has 0 aromatic heterocycles. The van der Waals surface area contributed by atoms with Crippen LogP contribution in [0.25, 0.3) is 0 Å². The zero-order valence-electron chi connectivity index (χ0n) is 13.5. The smallest absolute Gasteiger partial charge is 0.418 e. The van der Waals surface area contributed by atoms with Gasteiger partial charge in [0.25, 0.3) is 11.6 Å². The second kappa shape index (κ2) is 8.44. The van der Waals surface area contributed by atoms with Crippen LogP contribution in [0.5, 0.6) is 0 Å². The summed E-state index contributed by atoms with van der Waals surface area (Å²) in [5.74, 6) is -2.22. The SMILES string of the molecule is O=C(COC(=O)c1cc([N+](=O)[O-])ccc1Cl)Nc1ccc(Cl)cc1C(F)(F)F. The highest BCUT2D eigenvalue weighted by atomic mass is 35.5. The van der Waals surface area contributed by atoms with Gasteiger partial charge in [0.05, 0.1) is 26.8 Å². The lowest BCUT2D eigenvalue weighted by molar-refractivity contribution is -0.384. The Kier molecular flexibility index (Phi) is 6.47. The quantitative estimate of drug-likeness (QED) is 0.415. The van der Waals surface area contributed by atoms with Crippen LogP contribution < -0.4 is 5.32 Å². The van der Waals surface area contributed by atoms with Gasteiger partial charge in [0.1, 0.15) is 0 Å². The van der Waals surface area contributed by atoms with Crippen molar-refractivity contribution in [3.05, 3.63) is 67.7 Å². The maximum atomic E-state index is 13.0. The zero-order valence-corrected chi connectivity index (χ0v) is 15.1. The van der Waals surface area contributed by atoms with E-state index in [1.54, 1.807) is 0 Å². The first-order chi connectivity index (χ1) is 13.0. The van der Waals surface area contributed by atoms with Crippen molar-refractivity contribution in [2.75, 3.05) is 11.9 Å². The highest BCUT2D eigenvalue weighted by Crippen LogP contribution is 2.36. The number of hydrogen-bond donors (Lipinski definition) is 1. The number of rotatable bonds is 5. The molecular weight excluding hydrogens is 428 g/mol. The third-order valence-corrected chi connectivity index (χ3v) is 3.84. The Morgan fingerprint density at radius 2 is 1.82 bits per heavy atom. The number of carbonyl (C=O) groups excluding carboxylic acids is 2. The van der Waals surface area contributed by atoms with E-state index in [9.17, 15) is 32.9 Å². The first-order valence-electron chi connectivity index (χ1n) is 7.26. The Balaban J connectivity index is 2.09. The van der Waals surface area contributed by atoms with Crippen molar-refractivity contribution < 1.29 is 32.4 Å². The van der Waals surface area contributed by atoms with Crippen molar-refractivity contribution >= 4 is 46.5 Å². The van der Waals surface area contributed by atoms with E-state index in [0.29, 0.717) is 6.07 Å². The maximum absolute atomic E-state index is 13.0. The molecule has 0 spiro atoms. The Hall–Kier alpha value is -2.85. The van der Waals surface area contributed by atoms with E-state index in [-0.39, 0.29) is 15.6 Å². The summed E-state index contributed by atoms with van der Waals surface area (Å²) in [7, 11) is 0. The van der Waals surface area contributed by atoms with Crippen LogP contribution in [0.15, 0.2) is 36.4 Å². The van der Waals surface area contributed by atoms with Crippen LogP contribution in [0, 0.1) is 10.1 Å². The molecule has 0 bridgehead atoms. The van der Waals surface area contributed by atoms with Gasteiger partial charge in [0.2, 0.25) is 0 Å². The lowest BCUT2D eigenvalue weighted by Gasteiger charge is -2.14. The average Bonchev–Trinajstić information content (AvgIpc) is 2.60. The van der Waals surface area contributed by atoms with Crippen molar-refractivity contribution in [1.29, 1.82) is 0 Å². The molecule has 1 N–H and O–H groups in total. The third-order valence-electron chi connectivity index (χ3n) is 3.28. The number of nitrogens with zero attached hydrogens (tertiary/aromatic N) is 1. The van der Waals surface area contributed by atoms with Crippen molar-refractivity contribution in [2.45, 2.75) is 6.18 Å². The molecule has 0 aliphatic carbocycles. The number of esters is 1. The molecule has 0 heterocycles. The summed E-state index contributed by atoms with van der Waals surface area (Å²) < 4.78 is 43.7. The predicted octanol–water partition coefficient (Wildman–Crippen LogP) is 4.72. The van der Waals surface area contributed by atoms with Gasteiger partial charge in [-0.3, -0.25) is 14.9 Å². The molecular formula is C16H9Cl2F3N2O5. The largest absolute Gasteiger partial charge is 0.452 e. The normalized spacial score (nSPS) is 11.0. The summed E-state index contributed by atoms with van der Waals surface area (Å²) in [6, 6.07) is 5.73. The number of benzene rings is 2. The van der Waals surface area contributed by atoms with E-state index in [4.69, 9.17) is 23.2 Å². The fourth-order valence-electron chi connectivity index (χ4n) is 2.04. The monoisotopic (exact) mass is 436 g/mol. The summed E-state index contributed by atoms with van der Waals surface area (Å²) >= 11 is 11.3. The van der Waals surface area contributed by atoms with Crippen LogP contribution in [-0.4, -0.2) is 23.4 Å². The van der Waals surface area contributed by atoms with Gasteiger partial charge in [0.15, 0.2) is 6.61 Å². The summed E-state index contributed by atoms with van der Waals surface area (Å²) in [6.45, 7) is -0.947. The van der Waals surface area contributed by atoms with Crippen LogP contribution >= 0.6 is 23.2 Å². The number of carbonyl (C=O) groups is 2. The molecule has 2 aromatic carbocycles. The minimum Gasteiger partial charge on any atom is -0.452 e. The highest BCUT2D eigenvalue weighted by molar-refractivity contribution is 6.33. The van der Waals surface area contributed by atoms with Gasteiger partial charge in [-0.2, -0.15) is 13.2 Å². The van der Waals surface area contributed by atoms with Crippen LogP contribution in [-0.2, 0) is 15.7 Å². The standard InChI is InChI=1S/C16H9Cl2F3N2O5/c17-8-1-4-13(11(5-8)16(19,20)21)22-14(24)7-28-15(25)10-6-9(23(26)27)2-3-12(10)18/h1-6H,7H2,(H,22,24). The Labute approximate surface area is 165 Å². The first-order valence-corrected chi connectivity index (χ1v) is 8.02. The lowest BCUT2D eigenvalue weighted by Crippen LogP contribution is -2.23. The summed E-state index contributed by atoms with van der Waals surface area (Å²) in [4.78, 5) is 33.8. The van der Waals surface area contributed by atoms with E-state index in [1.165, 1.54) is 0 Å². The summed E-state index contributed by atoms with van der Waals surface area (Å²) in [5.41, 5.74) is -2.56. The first kappa shape index (κ1) is 21.5. The molecule has 28 heavy (non-hydrogen) atoms. The number of anilines is 1. The summed E-state index contributed by atoms with van der Waals surface area (Å²) in [6.07, 6.45) is -4.78. The fourth-order valence-corrected chi connectivity index (χ4v) is 2.41. The topological polar surface area (TPSA) is 98.5 Å². The molecule has 0 saturated carbocycles. The van der Waals surface area contributed by atoms with E-state index < -0.39 is 46.5 Å². The Morgan fingerprint density at radius 1 is 1.14 bits per heavy atom. The van der Waals surface area contributed by atoms with E-state index in [0.717, 1.165) is 30.3 Å². The number of nitro groups is 1. The molecule has 0 aliphatic rings. The average molecular weight is 437 g/mol. The van der Waals surface area contributed by atoms with E-state index in [1.807, 2.05) is 5.32 Å². The van der Waals surface area contributed by atoms with Crippen LogP contribution in [0.1, 0.15) is 15.9 Å². The van der Waals surface area contributed by atoms with Gasteiger partial charge < -0.3 is 10.1 Å². The van der Waals surface area contributed by atoms with Crippen molar-refractivity contribution in [1.82, 2.24) is 0 Å². The van der Waals surface area contributed by atoms with Crippen molar-refractivity contribution in [3.63, 3.8) is 0 Å². The Morgan fingerprint density at radius 3 is 2.43 bits per heavy atom. The minimum absolute atomic E-state index is 0.159.